The van der Waals surface area contributed by atoms with Gasteiger partial charge in [0.05, 0.1) is 10.2 Å². The van der Waals surface area contributed by atoms with Crippen LogP contribution in [-0.2, 0) is 0 Å². The first kappa shape index (κ1) is 10.2. The molecule has 1 heterocycles. The summed E-state index contributed by atoms with van der Waals surface area (Å²) in [6, 6.07) is 8.16. The van der Waals surface area contributed by atoms with Crippen LogP contribution in [0.4, 0.5) is 0 Å². The van der Waals surface area contributed by atoms with Crippen LogP contribution in [0.5, 0.6) is 5.75 Å². The van der Waals surface area contributed by atoms with Crippen molar-refractivity contribution in [2.75, 3.05) is 19.7 Å². The van der Waals surface area contributed by atoms with E-state index in [1.165, 1.54) is 9.99 Å². The number of hydrogen-bond donors (Lipinski definition) is 1. The molecule has 1 fully saturated rings. The van der Waals surface area contributed by atoms with Gasteiger partial charge in [0.15, 0.2) is 0 Å². The van der Waals surface area contributed by atoms with Gasteiger partial charge in [0.25, 0.3) is 0 Å². The normalized spacial score (nSPS) is 21.1. The lowest BCUT2D eigenvalue weighted by molar-refractivity contribution is 0.258. The summed E-state index contributed by atoms with van der Waals surface area (Å²) in [4.78, 5) is 0. The molecule has 1 aliphatic heterocycles. The van der Waals surface area contributed by atoms with Gasteiger partial charge in [-0.2, -0.15) is 0 Å². The highest BCUT2D eigenvalue weighted by atomic mass is 127. The molecule has 1 aliphatic rings. The van der Waals surface area contributed by atoms with Gasteiger partial charge in [-0.05, 0) is 47.7 Å². The number of ether oxygens (including phenoxy) is 1. The van der Waals surface area contributed by atoms with Crippen molar-refractivity contribution >= 4 is 22.6 Å². The van der Waals surface area contributed by atoms with Crippen LogP contribution in [0, 0.1) is 9.49 Å². The fraction of sp³-hybridized carbons (Fsp3) is 0.455. The van der Waals surface area contributed by atoms with Gasteiger partial charge in [0.1, 0.15) is 5.75 Å². The van der Waals surface area contributed by atoms with Crippen molar-refractivity contribution in [3.8, 4) is 5.75 Å². The number of para-hydroxylation sites is 1. The molecule has 1 aromatic rings. The summed E-state index contributed by atoms with van der Waals surface area (Å²) in [6.07, 6.45) is 1.24. The van der Waals surface area contributed by atoms with Crippen LogP contribution < -0.4 is 10.1 Å². The average molecular weight is 303 g/mol. The van der Waals surface area contributed by atoms with Crippen molar-refractivity contribution in [1.82, 2.24) is 5.32 Å². The van der Waals surface area contributed by atoms with Crippen molar-refractivity contribution < 1.29 is 4.74 Å². The molecule has 76 valence electrons. The number of benzene rings is 1. The second kappa shape index (κ2) is 4.98. The lowest BCUT2D eigenvalue weighted by atomic mass is 10.1. The molecule has 0 radical (unpaired) electrons. The van der Waals surface area contributed by atoms with Crippen molar-refractivity contribution in [3.05, 3.63) is 27.8 Å². The predicted octanol–water partition coefficient (Wildman–Crippen LogP) is 2.28. The molecule has 0 aliphatic carbocycles. The Labute approximate surface area is 98.2 Å². The van der Waals surface area contributed by atoms with Gasteiger partial charge in [0.2, 0.25) is 0 Å². The van der Waals surface area contributed by atoms with E-state index in [2.05, 4.69) is 34.0 Å². The molecular weight excluding hydrogens is 289 g/mol. The molecule has 0 bridgehead atoms. The second-order valence-electron chi connectivity index (χ2n) is 3.60. The van der Waals surface area contributed by atoms with Gasteiger partial charge in [-0.15, -0.1) is 0 Å². The molecule has 2 nitrogen and oxygen atoms in total. The first-order valence-electron chi connectivity index (χ1n) is 4.94. The summed E-state index contributed by atoms with van der Waals surface area (Å²) in [5.74, 6) is 1.70. The number of nitrogens with one attached hydrogen (secondary N) is 1. The maximum Gasteiger partial charge on any atom is 0.132 e. The fourth-order valence-electron chi connectivity index (χ4n) is 1.63. The van der Waals surface area contributed by atoms with Crippen molar-refractivity contribution in [2.45, 2.75) is 6.42 Å². The Balaban J connectivity index is 1.88. The molecule has 0 spiro atoms. The molecular formula is C11H14INO. The van der Waals surface area contributed by atoms with Gasteiger partial charge in [0, 0.05) is 12.5 Å². The van der Waals surface area contributed by atoms with Crippen LogP contribution in [0.1, 0.15) is 6.42 Å². The van der Waals surface area contributed by atoms with E-state index < -0.39 is 0 Å². The van der Waals surface area contributed by atoms with E-state index in [4.69, 9.17) is 4.74 Å². The fourth-order valence-corrected chi connectivity index (χ4v) is 2.17. The molecule has 0 unspecified atom stereocenters. The first-order chi connectivity index (χ1) is 6.86. The monoisotopic (exact) mass is 303 g/mol. The third-order valence-electron chi connectivity index (χ3n) is 2.47. The quantitative estimate of drug-likeness (QED) is 0.865. The topological polar surface area (TPSA) is 21.3 Å². The minimum absolute atomic E-state index is 0.686. The van der Waals surface area contributed by atoms with Gasteiger partial charge in [-0.1, -0.05) is 12.1 Å². The molecule has 1 saturated heterocycles. The molecule has 0 saturated carbocycles. The van der Waals surface area contributed by atoms with Crippen molar-refractivity contribution in [1.29, 1.82) is 0 Å². The number of hydrogen-bond acceptors (Lipinski definition) is 2. The zero-order chi connectivity index (χ0) is 9.80. The van der Waals surface area contributed by atoms with Crippen LogP contribution >= 0.6 is 22.6 Å². The number of halogens is 1. The largest absolute Gasteiger partial charge is 0.492 e. The summed E-state index contributed by atoms with van der Waals surface area (Å²) in [6.45, 7) is 3.08. The van der Waals surface area contributed by atoms with E-state index in [1.807, 2.05) is 18.2 Å². The highest BCUT2D eigenvalue weighted by Crippen LogP contribution is 2.21. The van der Waals surface area contributed by atoms with E-state index in [9.17, 15) is 0 Å². The highest BCUT2D eigenvalue weighted by molar-refractivity contribution is 14.1. The van der Waals surface area contributed by atoms with Gasteiger partial charge in [-0.25, -0.2) is 0 Å². The zero-order valence-electron chi connectivity index (χ0n) is 8.00. The van der Waals surface area contributed by atoms with Crippen LogP contribution in [0.25, 0.3) is 0 Å². The van der Waals surface area contributed by atoms with E-state index >= 15 is 0 Å². The van der Waals surface area contributed by atoms with Gasteiger partial charge in [-0.3, -0.25) is 0 Å². The molecule has 1 aromatic carbocycles. The maximum absolute atomic E-state index is 5.77. The zero-order valence-corrected chi connectivity index (χ0v) is 10.2. The third kappa shape index (κ3) is 2.60. The van der Waals surface area contributed by atoms with E-state index in [1.54, 1.807) is 0 Å². The molecule has 2 rings (SSSR count). The summed E-state index contributed by atoms with van der Waals surface area (Å²) in [5.41, 5.74) is 0. The molecule has 1 N–H and O–H groups in total. The highest BCUT2D eigenvalue weighted by Gasteiger charge is 2.15. The van der Waals surface area contributed by atoms with Crippen LogP contribution in [0.3, 0.4) is 0 Å². The molecule has 0 amide bonds. The minimum atomic E-state index is 0.686. The van der Waals surface area contributed by atoms with E-state index in [-0.39, 0.29) is 0 Å². The minimum Gasteiger partial charge on any atom is -0.492 e. The Morgan fingerprint density at radius 3 is 3.00 bits per heavy atom. The Kier molecular flexibility index (Phi) is 3.64. The van der Waals surface area contributed by atoms with Gasteiger partial charge < -0.3 is 10.1 Å². The Hall–Kier alpha value is -0.290. The van der Waals surface area contributed by atoms with Crippen LogP contribution in [0.2, 0.25) is 0 Å². The van der Waals surface area contributed by atoms with E-state index in [0.29, 0.717) is 5.92 Å². The standard InChI is InChI=1S/C11H14INO/c12-10-3-1-2-4-11(10)14-8-9-5-6-13-7-9/h1-4,9,13H,5-8H2/t9-/m1/s1. The third-order valence-corrected chi connectivity index (χ3v) is 3.36. The maximum atomic E-state index is 5.77. The molecule has 14 heavy (non-hydrogen) atoms. The average Bonchev–Trinajstić information content (AvgIpc) is 2.69. The Bertz CT molecular complexity index is 297. The predicted molar refractivity (Wildman–Crippen MR) is 65.6 cm³/mol. The molecule has 3 heteroatoms. The smallest absolute Gasteiger partial charge is 0.132 e. The van der Waals surface area contributed by atoms with Gasteiger partial charge >= 0.3 is 0 Å². The molecule has 0 aromatic heterocycles. The van der Waals surface area contributed by atoms with Crippen LogP contribution in [-0.4, -0.2) is 19.7 Å². The summed E-state index contributed by atoms with van der Waals surface area (Å²) < 4.78 is 6.96. The Morgan fingerprint density at radius 1 is 1.43 bits per heavy atom. The Morgan fingerprint density at radius 2 is 2.29 bits per heavy atom. The number of rotatable bonds is 3. The summed E-state index contributed by atoms with van der Waals surface area (Å²) in [7, 11) is 0. The lowest BCUT2D eigenvalue weighted by Gasteiger charge is -2.11. The summed E-state index contributed by atoms with van der Waals surface area (Å²) >= 11 is 2.31. The SMILES string of the molecule is Ic1ccccc1OC[C@@H]1CCNC1. The summed E-state index contributed by atoms with van der Waals surface area (Å²) in [5, 5.41) is 3.34. The van der Waals surface area contributed by atoms with Crippen molar-refractivity contribution in [3.63, 3.8) is 0 Å². The lowest BCUT2D eigenvalue weighted by Crippen LogP contribution is -2.15. The second-order valence-corrected chi connectivity index (χ2v) is 4.76. The first-order valence-corrected chi connectivity index (χ1v) is 6.02. The van der Waals surface area contributed by atoms with Crippen LogP contribution in [0.15, 0.2) is 24.3 Å². The molecule has 1 atom stereocenters. The van der Waals surface area contributed by atoms with Crippen molar-refractivity contribution in [2.24, 2.45) is 5.92 Å². The van der Waals surface area contributed by atoms with E-state index in [0.717, 1.165) is 25.4 Å².